The molecule has 2 N–H and O–H groups in total. The van der Waals surface area contributed by atoms with Crippen LogP contribution in [0.4, 0.5) is 0 Å². The van der Waals surface area contributed by atoms with Crippen LogP contribution in [-0.4, -0.2) is 83.8 Å². The molecule has 0 saturated carbocycles. The van der Waals surface area contributed by atoms with Crippen molar-refractivity contribution in [1.82, 2.24) is 9.80 Å². The Balaban J connectivity index is 1.67. The van der Waals surface area contributed by atoms with E-state index in [0.29, 0.717) is 30.0 Å². The summed E-state index contributed by atoms with van der Waals surface area (Å²) >= 11 is 1.64. The molecule has 4 rings (SSSR count). The summed E-state index contributed by atoms with van der Waals surface area (Å²) in [7, 11) is 0. The lowest BCUT2D eigenvalue weighted by atomic mass is 9.81. The highest BCUT2D eigenvalue weighted by molar-refractivity contribution is 7.99. The van der Waals surface area contributed by atoms with Gasteiger partial charge in [0, 0.05) is 12.1 Å². The molecule has 7 nitrogen and oxygen atoms in total. The first-order chi connectivity index (χ1) is 17.2. The number of rotatable bonds is 9. The molecule has 3 heterocycles. The number of primary amides is 1. The molecule has 8 heteroatoms. The number of fused-ring (bicyclic) bond motifs is 1. The molecule has 4 atom stereocenters. The van der Waals surface area contributed by atoms with Gasteiger partial charge in [-0.3, -0.25) is 14.4 Å². The molecule has 0 aliphatic carbocycles. The average Bonchev–Trinajstić information content (AvgIpc) is 3.42. The fraction of sp³-hybridized carbons (Fsp3) is 0.679. The Kier molecular flexibility index (Phi) is 8.79. The maximum Gasteiger partial charge on any atom is 0.249 e. The van der Waals surface area contributed by atoms with Gasteiger partial charge < -0.3 is 20.3 Å². The summed E-state index contributed by atoms with van der Waals surface area (Å²) in [5, 5.41) is 0.0698. The number of likely N-dealkylation sites (tertiary alicyclic amines) is 2. The monoisotopic (exact) mass is 515 g/mol. The van der Waals surface area contributed by atoms with Crippen molar-refractivity contribution in [1.29, 1.82) is 0 Å². The van der Waals surface area contributed by atoms with Crippen LogP contribution < -0.4 is 5.73 Å². The second-order valence-electron chi connectivity index (χ2n) is 11.0. The summed E-state index contributed by atoms with van der Waals surface area (Å²) < 4.78 is 5.78. The number of nitrogens with zero attached hydrogens (tertiary/aromatic N) is 2. The molecule has 0 aromatic heterocycles. The zero-order valence-corrected chi connectivity index (χ0v) is 22.9. The zero-order valence-electron chi connectivity index (χ0n) is 22.1. The molecule has 3 aliphatic rings. The Hall–Kier alpha value is -1.90. The van der Waals surface area contributed by atoms with Gasteiger partial charge in [0.25, 0.3) is 0 Å². The Morgan fingerprint density at radius 1 is 1.22 bits per heavy atom. The Bertz CT molecular complexity index is 976. The quantitative estimate of drug-likeness (QED) is 0.542. The molecule has 2 amide bonds. The van der Waals surface area contributed by atoms with E-state index < -0.39 is 17.9 Å². The molecule has 1 aromatic rings. The van der Waals surface area contributed by atoms with Crippen molar-refractivity contribution in [3.05, 3.63) is 34.9 Å². The fourth-order valence-corrected chi connectivity index (χ4v) is 7.04. The lowest BCUT2D eigenvalue weighted by Crippen LogP contribution is -2.44. The van der Waals surface area contributed by atoms with E-state index in [9.17, 15) is 14.4 Å². The van der Waals surface area contributed by atoms with Crippen molar-refractivity contribution >= 4 is 29.4 Å². The molecule has 0 bridgehead atoms. The Morgan fingerprint density at radius 2 is 1.94 bits per heavy atom. The maximum atomic E-state index is 14.2. The van der Waals surface area contributed by atoms with Crippen LogP contribution in [0.3, 0.4) is 0 Å². The van der Waals surface area contributed by atoms with Crippen LogP contribution in [0.25, 0.3) is 0 Å². The average molecular weight is 516 g/mol. The van der Waals surface area contributed by atoms with Crippen molar-refractivity contribution in [2.45, 2.75) is 75.7 Å². The van der Waals surface area contributed by atoms with E-state index >= 15 is 0 Å². The highest BCUT2D eigenvalue weighted by Crippen LogP contribution is 2.39. The molecule has 0 spiro atoms. The minimum absolute atomic E-state index is 0.0316. The number of ketones is 1. The second kappa shape index (κ2) is 11.7. The number of amides is 2. The molecule has 3 fully saturated rings. The number of carbonyl (C=O) groups is 3. The smallest absolute Gasteiger partial charge is 0.249 e. The summed E-state index contributed by atoms with van der Waals surface area (Å²) in [5.74, 6) is -0.538. The third-order valence-corrected chi connectivity index (χ3v) is 9.07. The van der Waals surface area contributed by atoms with Crippen LogP contribution >= 0.6 is 11.8 Å². The minimum atomic E-state index is -0.535. The zero-order chi connectivity index (χ0) is 26.0. The van der Waals surface area contributed by atoms with Gasteiger partial charge in [-0.25, -0.2) is 0 Å². The van der Waals surface area contributed by atoms with Gasteiger partial charge in [-0.2, -0.15) is 11.8 Å². The van der Waals surface area contributed by atoms with Crippen LogP contribution in [0, 0.1) is 5.92 Å². The fourth-order valence-electron chi connectivity index (χ4n) is 6.23. The summed E-state index contributed by atoms with van der Waals surface area (Å²) in [5.41, 5.74) is 8.12. The summed E-state index contributed by atoms with van der Waals surface area (Å²) in [6, 6.07) is 5.36. The van der Waals surface area contributed by atoms with Gasteiger partial charge in [-0.1, -0.05) is 32.9 Å². The molecular weight excluding hydrogens is 474 g/mol. The first kappa shape index (κ1) is 27.1. The van der Waals surface area contributed by atoms with Crippen molar-refractivity contribution in [3.63, 3.8) is 0 Å². The largest absolute Gasteiger partial charge is 0.367 e. The molecular formula is C28H41N3O4S. The molecule has 198 valence electrons. The number of hydrogen-bond donors (Lipinski definition) is 1. The van der Waals surface area contributed by atoms with Gasteiger partial charge in [0.05, 0.1) is 17.3 Å². The Morgan fingerprint density at radius 3 is 2.56 bits per heavy atom. The van der Waals surface area contributed by atoms with Gasteiger partial charge in [-0.15, -0.1) is 0 Å². The molecule has 36 heavy (non-hydrogen) atoms. The highest BCUT2D eigenvalue weighted by atomic mass is 32.2. The number of carbonyl (C=O) groups excluding carboxylic acids is 3. The molecule has 0 unspecified atom stereocenters. The van der Waals surface area contributed by atoms with Gasteiger partial charge in [0.2, 0.25) is 11.8 Å². The summed E-state index contributed by atoms with van der Waals surface area (Å²) in [4.78, 5) is 43.6. The topological polar surface area (TPSA) is 92.9 Å². The number of Topliss-reactive ketones (excluding diaryl/α,β-unsaturated/α-hetero) is 1. The molecule has 3 aliphatic heterocycles. The van der Waals surface area contributed by atoms with Crippen molar-refractivity contribution in [3.8, 4) is 0 Å². The molecule has 3 saturated heterocycles. The minimum Gasteiger partial charge on any atom is -0.367 e. The third-order valence-electron chi connectivity index (χ3n) is 8.04. The lowest BCUT2D eigenvalue weighted by Gasteiger charge is -2.33. The van der Waals surface area contributed by atoms with Gasteiger partial charge in [-0.05, 0) is 80.6 Å². The first-order valence-corrected chi connectivity index (χ1v) is 14.7. The van der Waals surface area contributed by atoms with Crippen LogP contribution in [0.15, 0.2) is 18.2 Å². The first-order valence-electron chi connectivity index (χ1n) is 13.4. The van der Waals surface area contributed by atoms with E-state index in [4.69, 9.17) is 10.5 Å². The van der Waals surface area contributed by atoms with Crippen LogP contribution in [0.5, 0.6) is 0 Å². The number of benzene rings is 1. The normalized spacial score (nSPS) is 26.0. The van der Waals surface area contributed by atoms with E-state index in [1.165, 1.54) is 5.56 Å². The number of nitrogens with two attached hydrogens (primary N) is 1. The second-order valence-corrected chi connectivity index (χ2v) is 12.0. The van der Waals surface area contributed by atoms with Gasteiger partial charge in [0.1, 0.15) is 12.6 Å². The van der Waals surface area contributed by atoms with Gasteiger partial charge in [0.15, 0.2) is 5.78 Å². The third kappa shape index (κ3) is 5.50. The molecule has 0 radical (unpaired) electrons. The van der Waals surface area contributed by atoms with E-state index in [2.05, 4.69) is 31.7 Å². The summed E-state index contributed by atoms with van der Waals surface area (Å²) in [6.45, 7) is 10.2. The number of ether oxygens (including phenoxy) is 1. The standard InChI is InChI=1S/C28H41N3O4S/c1-5-10-30-11-8-18(9-12-30)19-6-7-20(27(29)33)21(14-19)22(13-17(2)3)28(34)31-15-24(36-4)26-25(31)23(32)16-35-26/h6-7,14,17-18,22,24-26H,5,8-13,15-16H2,1-4H3,(H2,29,33)/t22-,24-,25+,26+/m0/s1. The maximum absolute atomic E-state index is 14.2. The summed E-state index contributed by atoms with van der Waals surface area (Å²) in [6.07, 6.45) is 5.61. The lowest BCUT2D eigenvalue weighted by molar-refractivity contribution is -0.138. The molecule has 1 aromatic carbocycles. The Labute approximate surface area is 219 Å². The van der Waals surface area contributed by atoms with E-state index in [1.54, 1.807) is 16.7 Å². The van der Waals surface area contributed by atoms with E-state index in [1.807, 2.05) is 18.4 Å². The van der Waals surface area contributed by atoms with Crippen molar-refractivity contribution in [2.24, 2.45) is 11.7 Å². The number of hydrogen-bond acceptors (Lipinski definition) is 6. The van der Waals surface area contributed by atoms with E-state index in [0.717, 1.165) is 38.9 Å². The van der Waals surface area contributed by atoms with Crippen molar-refractivity contribution < 1.29 is 19.1 Å². The van der Waals surface area contributed by atoms with Crippen molar-refractivity contribution in [2.75, 3.05) is 39.0 Å². The van der Waals surface area contributed by atoms with Crippen LogP contribution in [0.1, 0.15) is 79.8 Å². The van der Waals surface area contributed by atoms with Crippen LogP contribution in [-0.2, 0) is 14.3 Å². The SMILES string of the molecule is CCCN1CCC(c2ccc(C(N)=O)c([C@H](CC(C)C)C(=O)N3C[C@H](SC)[C@H]4OCC(=O)[C@H]43)c2)CC1. The predicted octanol–water partition coefficient (Wildman–Crippen LogP) is 3.41. The predicted molar refractivity (Wildman–Crippen MR) is 143 cm³/mol. The van der Waals surface area contributed by atoms with E-state index in [-0.39, 0.29) is 35.6 Å². The highest BCUT2D eigenvalue weighted by Gasteiger charge is 2.53. The number of thioether (sulfide) groups is 1. The number of piperidine rings is 1. The van der Waals surface area contributed by atoms with Crippen LogP contribution in [0.2, 0.25) is 0 Å². The van der Waals surface area contributed by atoms with Gasteiger partial charge >= 0.3 is 0 Å².